The molecule has 6 aliphatic rings. The van der Waals surface area contributed by atoms with E-state index in [2.05, 4.69) is 56.3 Å². The summed E-state index contributed by atoms with van der Waals surface area (Å²) < 4.78 is 24.3. The number of carbonyl (C=O) groups excluding carboxylic acids is 4. The lowest BCUT2D eigenvalue weighted by atomic mass is 9.47. The van der Waals surface area contributed by atoms with Crippen LogP contribution in [0.15, 0.2) is 85.1 Å². The van der Waals surface area contributed by atoms with Crippen LogP contribution in [0.2, 0.25) is 0 Å². The number of esters is 3. The fourth-order valence-corrected chi connectivity index (χ4v) is 15.2. The minimum atomic E-state index is -2.34. The standard InChI is InChI=1S/C56H64N6O9/c1-8-52(59-46(64)36-17-18-41-35(26-36)14-12-22-57-41)29-34-30-55(50(65)69-6,45-38(19-24-61(31-34)32-52)37-15-10-11-16-42(37)58-45)40-27-39-43(28-44(40)68-5)60(4)48-54(39)21-25-62-23-13-20-53(9-2,47(54)62)49(71-33(3)63)56(48,67)51(66)70-7/h10-18,20,22,26-28,34,47-49,58,67H,8-9,19,21,23-25,29-32H2,1-7H3,(H,59,64)/t34-,47+,48-,49-,52+,53-,54-,55+,56+/m1/s1. The van der Waals surface area contributed by atoms with Gasteiger partial charge >= 0.3 is 17.9 Å². The lowest BCUT2D eigenvalue weighted by Gasteiger charge is -2.63. The van der Waals surface area contributed by atoms with E-state index in [0.717, 1.165) is 44.3 Å². The number of aliphatic hydroxyl groups is 1. The number of likely N-dealkylation sites (N-methyl/N-ethyl adjacent to an activating group) is 1. The highest BCUT2D eigenvalue weighted by atomic mass is 16.6. The Morgan fingerprint density at radius 3 is 2.46 bits per heavy atom. The van der Waals surface area contributed by atoms with E-state index in [1.807, 2.05) is 73.5 Å². The highest BCUT2D eigenvalue weighted by Crippen LogP contribution is 2.68. The third-order valence-corrected chi connectivity index (χ3v) is 17.9. The normalized spacial score (nSPS) is 32.6. The van der Waals surface area contributed by atoms with Crippen LogP contribution in [0.5, 0.6) is 5.75 Å². The quantitative estimate of drug-likeness (QED) is 0.0896. The number of aromatic amines is 1. The molecular formula is C56H64N6O9. The topological polar surface area (TPSA) is 176 Å². The monoisotopic (exact) mass is 964 g/mol. The Morgan fingerprint density at radius 1 is 0.915 bits per heavy atom. The van der Waals surface area contributed by atoms with E-state index >= 15 is 4.79 Å². The van der Waals surface area contributed by atoms with E-state index in [1.54, 1.807) is 13.3 Å². The summed E-state index contributed by atoms with van der Waals surface area (Å²) in [7, 11) is 6.17. The van der Waals surface area contributed by atoms with Crippen LogP contribution in [0.25, 0.3) is 21.8 Å². The molecule has 1 amide bonds. The minimum absolute atomic E-state index is 0.144. The lowest BCUT2D eigenvalue weighted by Crippen LogP contribution is -2.81. The summed E-state index contributed by atoms with van der Waals surface area (Å²) in [6.45, 7) is 8.69. The van der Waals surface area contributed by atoms with Crippen LogP contribution in [0.3, 0.4) is 0 Å². The predicted molar refractivity (Wildman–Crippen MR) is 267 cm³/mol. The van der Waals surface area contributed by atoms with Gasteiger partial charge in [-0.2, -0.15) is 0 Å². The first-order valence-corrected chi connectivity index (χ1v) is 25.1. The number of ether oxygens (including phenoxy) is 4. The van der Waals surface area contributed by atoms with Gasteiger partial charge in [-0.3, -0.25) is 24.3 Å². The van der Waals surface area contributed by atoms with Gasteiger partial charge in [-0.15, -0.1) is 0 Å². The molecule has 1 unspecified atom stereocenters. The number of benzene rings is 3. The van der Waals surface area contributed by atoms with Crippen LogP contribution in [0.4, 0.5) is 5.69 Å². The van der Waals surface area contributed by atoms with Gasteiger partial charge < -0.3 is 44.2 Å². The predicted octanol–water partition coefficient (Wildman–Crippen LogP) is 5.98. The Balaban J connectivity index is 1.12. The number of methoxy groups -OCH3 is 3. The first-order valence-electron chi connectivity index (χ1n) is 25.1. The maximum Gasteiger partial charge on any atom is 0.344 e. The van der Waals surface area contributed by atoms with E-state index in [-0.39, 0.29) is 17.9 Å². The summed E-state index contributed by atoms with van der Waals surface area (Å²) in [6.07, 6.45) is 7.69. The average Bonchev–Trinajstić information content (AvgIpc) is 4.05. The largest absolute Gasteiger partial charge is 0.496 e. The number of fused-ring (bicyclic) bond motifs is 7. The number of rotatable bonds is 9. The third-order valence-electron chi connectivity index (χ3n) is 17.9. The van der Waals surface area contributed by atoms with Gasteiger partial charge in [-0.1, -0.05) is 50.3 Å². The van der Waals surface area contributed by atoms with Crippen molar-refractivity contribution in [2.24, 2.45) is 11.3 Å². The van der Waals surface area contributed by atoms with Crippen LogP contribution in [-0.2, 0) is 45.8 Å². The molecule has 5 aliphatic heterocycles. The Morgan fingerprint density at radius 2 is 1.72 bits per heavy atom. The van der Waals surface area contributed by atoms with Crippen molar-refractivity contribution in [1.29, 1.82) is 0 Å². The molecule has 3 fully saturated rings. The Labute approximate surface area is 413 Å². The molecule has 3 aromatic carbocycles. The van der Waals surface area contributed by atoms with Crippen molar-refractivity contribution < 1.29 is 43.2 Å². The molecule has 0 radical (unpaired) electrons. The summed E-state index contributed by atoms with van der Waals surface area (Å²) in [5.41, 5.74) is -0.265. The molecule has 1 saturated carbocycles. The number of nitrogens with one attached hydrogen (secondary N) is 2. The van der Waals surface area contributed by atoms with Crippen molar-refractivity contribution in [2.75, 3.05) is 66.0 Å². The summed E-state index contributed by atoms with van der Waals surface area (Å²) in [5, 5.41) is 18.9. The van der Waals surface area contributed by atoms with Crippen molar-refractivity contribution in [3.05, 3.63) is 113 Å². The number of nitrogens with zero attached hydrogens (tertiary/aromatic N) is 4. The smallest absolute Gasteiger partial charge is 0.344 e. The van der Waals surface area contributed by atoms with E-state index < -0.39 is 57.4 Å². The number of hydrogen-bond donors (Lipinski definition) is 3. The summed E-state index contributed by atoms with van der Waals surface area (Å²) in [4.78, 5) is 73.0. The zero-order valence-corrected chi connectivity index (χ0v) is 41.7. The molecule has 2 saturated heterocycles. The number of pyridine rings is 1. The van der Waals surface area contributed by atoms with Gasteiger partial charge in [0.2, 0.25) is 5.60 Å². The van der Waals surface area contributed by atoms with Gasteiger partial charge in [0.15, 0.2) is 6.10 Å². The molecule has 5 aromatic rings. The molecular weight excluding hydrogens is 901 g/mol. The van der Waals surface area contributed by atoms with Crippen molar-refractivity contribution in [2.45, 2.75) is 99.5 Å². The van der Waals surface area contributed by atoms with Gasteiger partial charge in [0.1, 0.15) is 11.2 Å². The number of anilines is 1. The van der Waals surface area contributed by atoms with Crippen molar-refractivity contribution in [1.82, 2.24) is 25.1 Å². The molecule has 71 heavy (non-hydrogen) atoms. The molecule has 2 aromatic heterocycles. The van der Waals surface area contributed by atoms with E-state index in [1.165, 1.54) is 21.1 Å². The van der Waals surface area contributed by atoms with Gasteiger partial charge in [0, 0.05) is 108 Å². The molecule has 10 atom stereocenters. The molecule has 15 nitrogen and oxygen atoms in total. The van der Waals surface area contributed by atoms with Crippen molar-refractivity contribution in [3.63, 3.8) is 0 Å². The number of piperidine rings is 1. The van der Waals surface area contributed by atoms with E-state index in [0.29, 0.717) is 88.1 Å². The molecule has 3 N–H and O–H groups in total. The summed E-state index contributed by atoms with van der Waals surface area (Å²) >= 11 is 0. The molecule has 7 heterocycles. The minimum Gasteiger partial charge on any atom is -0.496 e. The Hall–Kier alpha value is -6.29. The zero-order chi connectivity index (χ0) is 49.8. The van der Waals surface area contributed by atoms with Gasteiger partial charge in [-0.05, 0) is 98.5 Å². The first-order chi connectivity index (χ1) is 34.2. The second-order valence-corrected chi connectivity index (χ2v) is 21.1. The maximum absolute atomic E-state index is 15.8. The second kappa shape index (κ2) is 16.9. The number of carbonyl (C=O) groups is 4. The van der Waals surface area contributed by atoms with Gasteiger partial charge in [-0.25, -0.2) is 4.79 Å². The van der Waals surface area contributed by atoms with Gasteiger partial charge in [0.05, 0.1) is 38.4 Å². The summed E-state index contributed by atoms with van der Waals surface area (Å²) in [6, 6.07) is 20.3. The van der Waals surface area contributed by atoms with E-state index in [4.69, 9.17) is 18.9 Å². The fourth-order valence-electron chi connectivity index (χ4n) is 15.2. The van der Waals surface area contributed by atoms with Crippen LogP contribution in [-0.4, -0.2) is 139 Å². The van der Waals surface area contributed by atoms with Crippen LogP contribution in [0.1, 0.15) is 85.6 Å². The Kier molecular flexibility index (Phi) is 11.2. The molecule has 372 valence electrons. The van der Waals surface area contributed by atoms with Gasteiger partial charge in [0.25, 0.3) is 5.91 Å². The molecule has 1 spiro atoms. The van der Waals surface area contributed by atoms with Crippen molar-refractivity contribution in [3.8, 4) is 5.75 Å². The number of hydrogen-bond acceptors (Lipinski definition) is 13. The Bertz CT molecular complexity index is 3050. The summed E-state index contributed by atoms with van der Waals surface area (Å²) in [5.74, 6) is -1.83. The number of aromatic nitrogens is 2. The lowest BCUT2D eigenvalue weighted by molar-refractivity contribution is -0.228. The molecule has 1 aliphatic carbocycles. The molecule has 15 heteroatoms. The fraction of sp³-hybridized carbons (Fsp3) is 0.482. The zero-order valence-electron chi connectivity index (χ0n) is 41.7. The molecule has 2 bridgehead atoms. The average molecular weight is 965 g/mol. The number of para-hydroxylation sites is 1. The van der Waals surface area contributed by atoms with Crippen molar-refractivity contribution >= 4 is 51.3 Å². The van der Waals surface area contributed by atoms with Crippen LogP contribution in [0, 0.1) is 11.3 Å². The third kappa shape index (κ3) is 6.53. The highest BCUT2D eigenvalue weighted by Gasteiger charge is 2.80. The highest BCUT2D eigenvalue weighted by molar-refractivity contribution is 5.99. The first kappa shape index (κ1) is 47.1. The second-order valence-electron chi connectivity index (χ2n) is 21.1. The van der Waals surface area contributed by atoms with E-state index in [9.17, 15) is 19.5 Å². The SMILES string of the molecule is CC[C@]1(NC(=O)c2ccc3ncccc3c2)C[C@H]2CN(CCc3c([nH]c4ccccc34)[C@@](C(=O)OC)(c3cc4c(cc3OC)N(C)[C@H]3[C@@](O)(C(=O)OC)[C@H](OC(C)=O)[C@]5(CC)C=CCN6CC[C@]43[C@@H]65)C2)C1. The number of H-pyrrole nitrogens is 1. The number of amides is 1. The van der Waals surface area contributed by atoms with Crippen LogP contribution < -0.4 is 15.0 Å². The van der Waals surface area contributed by atoms with Crippen LogP contribution >= 0.6 is 0 Å². The molecule has 11 rings (SSSR count). The maximum atomic E-state index is 15.8.